The number of hydrogen-bond acceptors (Lipinski definition) is 5. The molecule has 0 unspecified atom stereocenters. The number of halogens is 1. The third-order valence-corrected chi connectivity index (χ3v) is 7.55. The highest BCUT2D eigenvalue weighted by atomic mass is 35.5. The zero-order valence-corrected chi connectivity index (χ0v) is 15.9. The maximum atomic E-state index is 12.3. The van der Waals surface area contributed by atoms with Crippen LogP contribution in [0, 0.1) is 0 Å². The predicted octanol–water partition coefficient (Wildman–Crippen LogP) is 0.586. The summed E-state index contributed by atoms with van der Waals surface area (Å²) in [5.41, 5.74) is 0. The Morgan fingerprint density at radius 1 is 1.04 bits per heavy atom. The summed E-state index contributed by atoms with van der Waals surface area (Å²) < 4.78 is 52.6. The van der Waals surface area contributed by atoms with Crippen molar-refractivity contribution in [3.8, 4) is 0 Å². The fourth-order valence-corrected chi connectivity index (χ4v) is 5.08. The molecule has 0 radical (unpaired) electrons. The molecule has 0 aromatic heterocycles. The topological polar surface area (TPSA) is 86.8 Å². The molecule has 0 amide bonds. The summed E-state index contributed by atoms with van der Waals surface area (Å²) in [7, 11) is -7.21. The van der Waals surface area contributed by atoms with Gasteiger partial charge in [0.15, 0.2) is 0 Å². The Morgan fingerprint density at radius 2 is 1.62 bits per heavy atom. The lowest BCUT2D eigenvalue weighted by atomic mass is 10.4. The molecule has 0 atom stereocenters. The number of sulfonamides is 2. The Balaban J connectivity index is 1.89. The zero-order chi connectivity index (χ0) is 17.8. The third-order valence-electron chi connectivity index (χ3n) is 3.95. The van der Waals surface area contributed by atoms with Crippen molar-refractivity contribution in [3.05, 3.63) is 29.3 Å². The lowest BCUT2D eigenvalue weighted by Crippen LogP contribution is -2.49. The molecule has 1 heterocycles. The van der Waals surface area contributed by atoms with Crippen molar-refractivity contribution in [1.29, 1.82) is 0 Å². The SMILES string of the molecule is CCN1CCN(S(=O)(=O)CCNS(=O)(=O)c2ccc(Cl)cc2)CC1. The van der Waals surface area contributed by atoms with Gasteiger partial charge in [-0.15, -0.1) is 0 Å². The fraction of sp³-hybridized carbons (Fsp3) is 0.571. The van der Waals surface area contributed by atoms with Crippen LogP contribution in [-0.4, -0.2) is 71.1 Å². The minimum atomic E-state index is -3.74. The second-order valence-corrected chi connectivity index (χ2v) is 9.79. The van der Waals surface area contributed by atoms with Crippen molar-refractivity contribution in [2.24, 2.45) is 0 Å². The van der Waals surface area contributed by atoms with E-state index in [4.69, 9.17) is 11.6 Å². The molecule has 0 aliphatic carbocycles. The van der Waals surface area contributed by atoms with Gasteiger partial charge in [0, 0.05) is 37.7 Å². The first-order chi connectivity index (χ1) is 11.2. The van der Waals surface area contributed by atoms with E-state index in [1.165, 1.54) is 28.6 Å². The first-order valence-corrected chi connectivity index (χ1v) is 11.2. The molecule has 24 heavy (non-hydrogen) atoms. The van der Waals surface area contributed by atoms with Crippen LogP contribution in [0.15, 0.2) is 29.2 Å². The van der Waals surface area contributed by atoms with Gasteiger partial charge in [0.1, 0.15) is 0 Å². The normalized spacial score (nSPS) is 17.9. The van der Waals surface area contributed by atoms with E-state index in [0.717, 1.165) is 6.54 Å². The molecule has 1 aliphatic rings. The Morgan fingerprint density at radius 3 is 2.17 bits per heavy atom. The van der Waals surface area contributed by atoms with Crippen molar-refractivity contribution in [3.63, 3.8) is 0 Å². The summed E-state index contributed by atoms with van der Waals surface area (Å²) in [4.78, 5) is 2.23. The summed E-state index contributed by atoms with van der Waals surface area (Å²) >= 11 is 5.73. The first kappa shape index (κ1) is 19.6. The maximum absolute atomic E-state index is 12.3. The number of nitrogens with one attached hydrogen (secondary N) is 1. The summed E-state index contributed by atoms with van der Waals surface area (Å²) in [5, 5.41) is 0.433. The van der Waals surface area contributed by atoms with Gasteiger partial charge >= 0.3 is 0 Å². The van der Waals surface area contributed by atoms with Gasteiger partial charge < -0.3 is 4.90 Å². The molecule has 1 aliphatic heterocycles. The number of likely N-dealkylation sites (N-methyl/N-ethyl adjacent to an activating group) is 1. The highest BCUT2D eigenvalue weighted by Gasteiger charge is 2.26. The smallest absolute Gasteiger partial charge is 0.240 e. The molecular formula is C14H22ClN3O4S2. The van der Waals surface area contributed by atoms with Gasteiger partial charge in [-0.05, 0) is 30.8 Å². The van der Waals surface area contributed by atoms with Gasteiger partial charge in [0.2, 0.25) is 20.0 Å². The minimum absolute atomic E-state index is 0.0564. The van der Waals surface area contributed by atoms with E-state index in [-0.39, 0.29) is 17.2 Å². The number of benzene rings is 1. The van der Waals surface area contributed by atoms with Crippen molar-refractivity contribution in [2.75, 3.05) is 45.0 Å². The van der Waals surface area contributed by atoms with Crippen LogP contribution < -0.4 is 4.72 Å². The summed E-state index contributed by atoms with van der Waals surface area (Å²) in [6.45, 7) is 5.06. The number of piperazine rings is 1. The van der Waals surface area contributed by atoms with Crippen LogP contribution in [0.5, 0.6) is 0 Å². The van der Waals surface area contributed by atoms with Gasteiger partial charge in [-0.2, -0.15) is 4.31 Å². The van der Waals surface area contributed by atoms with Crippen LogP contribution >= 0.6 is 11.6 Å². The quantitative estimate of drug-likeness (QED) is 0.730. The Bertz CT molecular complexity index is 743. The van der Waals surface area contributed by atoms with E-state index in [0.29, 0.717) is 31.2 Å². The summed E-state index contributed by atoms with van der Waals surface area (Å²) in [5.74, 6) is -0.258. The minimum Gasteiger partial charge on any atom is -0.301 e. The summed E-state index contributed by atoms with van der Waals surface area (Å²) in [6, 6.07) is 5.70. The molecule has 1 N–H and O–H groups in total. The molecule has 0 spiro atoms. The highest BCUT2D eigenvalue weighted by Crippen LogP contribution is 2.14. The molecule has 2 rings (SSSR count). The monoisotopic (exact) mass is 395 g/mol. The van der Waals surface area contributed by atoms with E-state index < -0.39 is 20.0 Å². The van der Waals surface area contributed by atoms with Gasteiger partial charge in [-0.1, -0.05) is 18.5 Å². The molecule has 1 fully saturated rings. The highest BCUT2D eigenvalue weighted by molar-refractivity contribution is 7.90. The average Bonchev–Trinajstić information content (AvgIpc) is 2.55. The van der Waals surface area contributed by atoms with E-state index in [1.54, 1.807) is 0 Å². The molecule has 1 aromatic rings. The van der Waals surface area contributed by atoms with Gasteiger partial charge in [-0.25, -0.2) is 21.6 Å². The number of hydrogen-bond donors (Lipinski definition) is 1. The van der Waals surface area contributed by atoms with Crippen LogP contribution in [0.3, 0.4) is 0 Å². The second kappa shape index (κ2) is 8.11. The van der Waals surface area contributed by atoms with Gasteiger partial charge in [-0.3, -0.25) is 0 Å². The van der Waals surface area contributed by atoms with Crippen molar-refractivity contribution < 1.29 is 16.8 Å². The molecule has 0 bridgehead atoms. The number of nitrogens with zero attached hydrogens (tertiary/aromatic N) is 2. The predicted molar refractivity (Wildman–Crippen MR) is 94.1 cm³/mol. The van der Waals surface area contributed by atoms with Crippen molar-refractivity contribution >= 4 is 31.6 Å². The second-order valence-electron chi connectivity index (χ2n) is 5.50. The fourth-order valence-electron chi connectivity index (χ4n) is 2.46. The summed E-state index contributed by atoms with van der Waals surface area (Å²) in [6.07, 6.45) is 0. The van der Waals surface area contributed by atoms with E-state index in [9.17, 15) is 16.8 Å². The maximum Gasteiger partial charge on any atom is 0.240 e. The average molecular weight is 396 g/mol. The molecule has 0 saturated carbocycles. The zero-order valence-electron chi connectivity index (χ0n) is 13.5. The largest absolute Gasteiger partial charge is 0.301 e. The Hall–Kier alpha value is -0.710. The molecule has 136 valence electrons. The van der Waals surface area contributed by atoms with Gasteiger partial charge in [0.25, 0.3) is 0 Å². The van der Waals surface area contributed by atoms with Crippen molar-refractivity contribution in [1.82, 2.24) is 13.9 Å². The van der Waals surface area contributed by atoms with Crippen LogP contribution in [-0.2, 0) is 20.0 Å². The third kappa shape index (κ3) is 5.14. The van der Waals surface area contributed by atoms with Crippen LogP contribution in [0.4, 0.5) is 0 Å². The van der Waals surface area contributed by atoms with Crippen LogP contribution in [0.2, 0.25) is 5.02 Å². The Labute approximate surface area is 148 Å². The van der Waals surface area contributed by atoms with E-state index >= 15 is 0 Å². The lowest BCUT2D eigenvalue weighted by molar-refractivity contribution is 0.196. The Kier molecular flexibility index (Phi) is 6.63. The van der Waals surface area contributed by atoms with Crippen LogP contribution in [0.25, 0.3) is 0 Å². The standard InChI is InChI=1S/C14H22ClN3O4S2/c1-2-17-8-10-18(11-9-17)23(19,20)12-7-16-24(21,22)14-5-3-13(15)4-6-14/h3-6,16H,2,7-12H2,1H3. The van der Waals surface area contributed by atoms with E-state index in [2.05, 4.69) is 9.62 Å². The number of rotatable bonds is 7. The molecule has 7 nitrogen and oxygen atoms in total. The molecule has 1 saturated heterocycles. The lowest BCUT2D eigenvalue weighted by Gasteiger charge is -2.33. The molecule has 10 heteroatoms. The first-order valence-electron chi connectivity index (χ1n) is 7.70. The van der Waals surface area contributed by atoms with Gasteiger partial charge in [0.05, 0.1) is 10.6 Å². The van der Waals surface area contributed by atoms with Crippen molar-refractivity contribution in [2.45, 2.75) is 11.8 Å². The molecular weight excluding hydrogens is 374 g/mol. The molecule has 1 aromatic carbocycles. The van der Waals surface area contributed by atoms with E-state index in [1.807, 2.05) is 6.92 Å². The van der Waals surface area contributed by atoms with Crippen LogP contribution in [0.1, 0.15) is 6.92 Å².